The molecule has 0 fully saturated rings. The summed E-state index contributed by atoms with van der Waals surface area (Å²) in [4.78, 5) is 12.1. The maximum absolute atomic E-state index is 12.9. The van der Waals surface area contributed by atoms with Gasteiger partial charge in [-0.25, -0.2) is 8.78 Å². The first kappa shape index (κ1) is 19.6. The number of aryl methyl sites for hydroxylation is 1. The molecule has 1 unspecified atom stereocenters. The molecule has 1 N–H and O–H groups in total. The monoisotopic (exact) mass is 391 g/mol. The van der Waals surface area contributed by atoms with Crippen LogP contribution in [-0.2, 0) is 18.4 Å². The number of carbonyl (C=O) groups is 1. The molecule has 1 heterocycles. The molecule has 5 nitrogen and oxygen atoms in total. The largest absolute Gasteiger partial charge is 0.375 e. The maximum atomic E-state index is 12.9. The molecule has 0 spiro atoms. The number of nitrogens with one attached hydrogen (secondary N) is 1. The molecule has 0 aliphatic rings. The van der Waals surface area contributed by atoms with Gasteiger partial charge in [0, 0.05) is 29.3 Å². The number of hydrogen-bond acceptors (Lipinski definition) is 3. The van der Waals surface area contributed by atoms with Gasteiger partial charge in [-0.3, -0.25) is 9.48 Å². The first-order valence-electron chi connectivity index (χ1n) is 7.42. The SMILES string of the molecule is CC(COCc1ccc(Cl)cc1Cl)NC(=O)c1cn(C)nc1C(F)F. The Morgan fingerprint density at radius 1 is 1.40 bits per heavy atom. The van der Waals surface area contributed by atoms with Gasteiger partial charge in [-0.15, -0.1) is 0 Å². The highest BCUT2D eigenvalue weighted by Crippen LogP contribution is 2.22. The number of nitrogens with zero attached hydrogens (tertiary/aromatic N) is 2. The summed E-state index contributed by atoms with van der Waals surface area (Å²) in [6, 6.07) is 4.68. The summed E-state index contributed by atoms with van der Waals surface area (Å²) in [6.07, 6.45) is -1.56. The van der Waals surface area contributed by atoms with Crippen molar-refractivity contribution in [1.82, 2.24) is 15.1 Å². The van der Waals surface area contributed by atoms with Crippen LogP contribution >= 0.6 is 23.2 Å². The minimum Gasteiger partial charge on any atom is -0.375 e. The van der Waals surface area contributed by atoms with Crippen LogP contribution in [0.2, 0.25) is 10.0 Å². The number of alkyl halides is 2. The van der Waals surface area contributed by atoms with E-state index in [4.69, 9.17) is 27.9 Å². The van der Waals surface area contributed by atoms with Crippen LogP contribution in [0.25, 0.3) is 0 Å². The predicted molar refractivity (Wildman–Crippen MR) is 91.2 cm³/mol. The highest BCUT2D eigenvalue weighted by molar-refractivity contribution is 6.35. The third-order valence-electron chi connectivity index (χ3n) is 3.33. The minimum atomic E-state index is -2.82. The summed E-state index contributed by atoms with van der Waals surface area (Å²) in [5.41, 5.74) is 0.0722. The van der Waals surface area contributed by atoms with Gasteiger partial charge in [0.2, 0.25) is 0 Å². The lowest BCUT2D eigenvalue weighted by Crippen LogP contribution is -2.36. The Morgan fingerprint density at radius 2 is 2.12 bits per heavy atom. The van der Waals surface area contributed by atoms with E-state index in [0.717, 1.165) is 5.56 Å². The lowest BCUT2D eigenvalue weighted by molar-refractivity contribution is 0.0811. The van der Waals surface area contributed by atoms with Crippen LogP contribution in [0, 0.1) is 0 Å². The van der Waals surface area contributed by atoms with Crippen molar-refractivity contribution in [3.8, 4) is 0 Å². The highest BCUT2D eigenvalue weighted by Gasteiger charge is 2.23. The first-order chi connectivity index (χ1) is 11.8. The number of aromatic nitrogens is 2. The molecular formula is C16H17Cl2F2N3O2. The van der Waals surface area contributed by atoms with Crippen molar-refractivity contribution in [3.63, 3.8) is 0 Å². The molecule has 0 radical (unpaired) electrons. The zero-order valence-electron chi connectivity index (χ0n) is 13.6. The quantitative estimate of drug-likeness (QED) is 0.775. The molecule has 1 aromatic carbocycles. The molecule has 1 amide bonds. The van der Waals surface area contributed by atoms with Crippen molar-refractivity contribution in [1.29, 1.82) is 0 Å². The van der Waals surface area contributed by atoms with E-state index in [-0.39, 0.29) is 24.8 Å². The Balaban J connectivity index is 1.87. The zero-order valence-corrected chi connectivity index (χ0v) is 15.1. The van der Waals surface area contributed by atoms with Crippen LogP contribution in [0.3, 0.4) is 0 Å². The molecular weight excluding hydrogens is 375 g/mol. The molecule has 25 heavy (non-hydrogen) atoms. The van der Waals surface area contributed by atoms with Gasteiger partial charge in [0.15, 0.2) is 0 Å². The number of ether oxygens (including phenoxy) is 1. The van der Waals surface area contributed by atoms with Gasteiger partial charge in [0.05, 0.1) is 18.8 Å². The third kappa shape index (κ3) is 5.39. The lowest BCUT2D eigenvalue weighted by atomic mass is 10.2. The standard InChI is InChI=1S/C16H17Cl2F2N3O2/c1-9(7-25-8-10-3-4-11(17)5-13(10)18)21-16(24)12-6-23(2)22-14(12)15(19)20/h3-6,9,15H,7-8H2,1-2H3,(H,21,24). The summed E-state index contributed by atoms with van der Waals surface area (Å²) in [6.45, 7) is 2.14. The number of halogens is 4. The van der Waals surface area contributed by atoms with Crippen molar-refractivity contribution in [2.75, 3.05) is 6.61 Å². The second kappa shape index (κ2) is 8.60. The number of carbonyl (C=O) groups excluding carboxylic acids is 1. The summed E-state index contributed by atoms with van der Waals surface area (Å²) >= 11 is 11.9. The Morgan fingerprint density at radius 3 is 2.76 bits per heavy atom. The number of rotatable bonds is 7. The minimum absolute atomic E-state index is 0.148. The van der Waals surface area contributed by atoms with Crippen LogP contribution < -0.4 is 5.32 Å². The van der Waals surface area contributed by atoms with Crippen LogP contribution in [0.5, 0.6) is 0 Å². The van der Waals surface area contributed by atoms with Gasteiger partial charge in [-0.1, -0.05) is 29.3 Å². The molecule has 2 aromatic rings. The Kier molecular flexibility index (Phi) is 6.75. The van der Waals surface area contributed by atoms with E-state index in [9.17, 15) is 13.6 Å². The zero-order chi connectivity index (χ0) is 18.6. The fraction of sp³-hybridized carbons (Fsp3) is 0.375. The topological polar surface area (TPSA) is 56.1 Å². The average Bonchev–Trinajstić information content (AvgIpc) is 2.92. The van der Waals surface area contributed by atoms with Gasteiger partial charge in [0.1, 0.15) is 5.69 Å². The number of amides is 1. The Labute approximate surface area is 153 Å². The fourth-order valence-electron chi connectivity index (χ4n) is 2.17. The van der Waals surface area contributed by atoms with E-state index in [0.29, 0.717) is 10.0 Å². The van der Waals surface area contributed by atoms with Gasteiger partial charge in [-0.05, 0) is 24.6 Å². The van der Waals surface area contributed by atoms with Crippen molar-refractivity contribution in [2.24, 2.45) is 7.05 Å². The van der Waals surface area contributed by atoms with Crippen LogP contribution in [0.1, 0.15) is 35.0 Å². The number of hydrogen-bond donors (Lipinski definition) is 1. The second-order valence-corrected chi connectivity index (χ2v) is 6.37. The molecule has 0 saturated heterocycles. The smallest absolute Gasteiger partial charge is 0.282 e. The molecule has 0 bridgehead atoms. The normalized spacial score (nSPS) is 12.4. The summed E-state index contributed by atoms with van der Waals surface area (Å²) in [5.74, 6) is -0.621. The van der Waals surface area contributed by atoms with E-state index in [2.05, 4.69) is 10.4 Å². The van der Waals surface area contributed by atoms with Gasteiger partial charge in [-0.2, -0.15) is 5.10 Å². The van der Waals surface area contributed by atoms with Crippen LogP contribution in [-0.4, -0.2) is 28.3 Å². The van der Waals surface area contributed by atoms with Crippen LogP contribution in [0.15, 0.2) is 24.4 Å². The number of benzene rings is 1. The highest BCUT2D eigenvalue weighted by atomic mass is 35.5. The van der Waals surface area contributed by atoms with E-state index in [1.54, 1.807) is 25.1 Å². The molecule has 0 aliphatic heterocycles. The molecule has 0 saturated carbocycles. The van der Waals surface area contributed by atoms with E-state index >= 15 is 0 Å². The van der Waals surface area contributed by atoms with Crippen molar-refractivity contribution in [2.45, 2.75) is 26.0 Å². The summed E-state index contributed by atoms with van der Waals surface area (Å²) in [5, 5.41) is 7.23. The van der Waals surface area contributed by atoms with Crippen molar-refractivity contribution >= 4 is 29.1 Å². The molecule has 1 aromatic heterocycles. The molecule has 9 heteroatoms. The third-order valence-corrected chi connectivity index (χ3v) is 3.91. The van der Waals surface area contributed by atoms with Crippen molar-refractivity contribution < 1.29 is 18.3 Å². The fourth-order valence-corrected chi connectivity index (χ4v) is 2.63. The molecule has 0 aliphatic carbocycles. The second-order valence-electron chi connectivity index (χ2n) is 5.53. The van der Waals surface area contributed by atoms with Gasteiger partial charge in [0.25, 0.3) is 12.3 Å². The maximum Gasteiger partial charge on any atom is 0.282 e. The Hall–Kier alpha value is -1.70. The van der Waals surface area contributed by atoms with Gasteiger partial charge >= 0.3 is 0 Å². The lowest BCUT2D eigenvalue weighted by Gasteiger charge is -2.14. The molecule has 1 atom stereocenters. The van der Waals surface area contributed by atoms with Crippen LogP contribution in [0.4, 0.5) is 8.78 Å². The molecule has 2 rings (SSSR count). The van der Waals surface area contributed by atoms with E-state index in [1.165, 1.54) is 17.9 Å². The van der Waals surface area contributed by atoms with Crippen molar-refractivity contribution in [3.05, 3.63) is 51.3 Å². The first-order valence-corrected chi connectivity index (χ1v) is 8.17. The average molecular weight is 392 g/mol. The Bertz CT molecular complexity index is 753. The predicted octanol–water partition coefficient (Wildman–Crippen LogP) is 4.00. The van der Waals surface area contributed by atoms with E-state index in [1.807, 2.05) is 0 Å². The molecule has 136 valence electrons. The summed E-state index contributed by atoms with van der Waals surface area (Å²) in [7, 11) is 1.48. The van der Waals surface area contributed by atoms with Gasteiger partial charge < -0.3 is 10.1 Å². The summed E-state index contributed by atoms with van der Waals surface area (Å²) < 4.78 is 32.5. The van der Waals surface area contributed by atoms with E-state index < -0.39 is 18.0 Å².